The van der Waals surface area contributed by atoms with Crippen LogP contribution in [0.2, 0.25) is 5.02 Å². The summed E-state index contributed by atoms with van der Waals surface area (Å²) in [5.41, 5.74) is 0.683. The maximum Gasteiger partial charge on any atom is 0.318 e. The van der Waals surface area contributed by atoms with Gasteiger partial charge in [0.25, 0.3) is 0 Å². The van der Waals surface area contributed by atoms with Gasteiger partial charge in [-0.05, 0) is 20.9 Å². The van der Waals surface area contributed by atoms with E-state index in [1.54, 1.807) is 0 Å². The zero-order chi connectivity index (χ0) is 24.1. The molecule has 0 aliphatic carbocycles. The molecule has 34 heavy (non-hydrogen) atoms. The van der Waals surface area contributed by atoms with Crippen LogP contribution in [-0.4, -0.2) is 89.3 Å². The summed E-state index contributed by atoms with van der Waals surface area (Å²) >= 11 is 6.29. The van der Waals surface area contributed by atoms with Gasteiger partial charge in [-0.2, -0.15) is 4.98 Å². The first-order valence-corrected chi connectivity index (χ1v) is 11.6. The topological polar surface area (TPSA) is 97.8 Å². The smallest absolute Gasteiger partial charge is 0.318 e. The Labute approximate surface area is 204 Å². The van der Waals surface area contributed by atoms with Crippen LogP contribution < -0.4 is 19.5 Å². The van der Waals surface area contributed by atoms with Crippen LogP contribution in [-0.2, 0) is 0 Å². The molecular formula is C23H30ClN7O3. The molecular weight excluding hydrogens is 458 g/mol. The molecule has 0 atom stereocenters. The molecule has 4 rings (SSSR count). The highest BCUT2D eigenvalue weighted by Gasteiger charge is 2.17. The van der Waals surface area contributed by atoms with E-state index in [1.807, 2.05) is 26.0 Å². The average molecular weight is 488 g/mol. The molecule has 1 aliphatic heterocycles. The number of likely N-dealkylation sites (N-methyl/N-ethyl adjacent to an activating group) is 1. The van der Waals surface area contributed by atoms with Crippen LogP contribution >= 0.6 is 11.6 Å². The molecule has 10 nitrogen and oxygen atoms in total. The van der Waals surface area contributed by atoms with Crippen molar-refractivity contribution in [2.24, 2.45) is 0 Å². The highest BCUT2D eigenvalue weighted by molar-refractivity contribution is 6.33. The zero-order valence-electron chi connectivity index (χ0n) is 19.9. The van der Waals surface area contributed by atoms with Gasteiger partial charge in [0.15, 0.2) is 5.82 Å². The van der Waals surface area contributed by atoms with Crippen molar-refractivity contribution in [3.05, 3.63) is 29.7 Å². The number of nitrogens with one attached hydrogen (secondary N) is 1. The second kappa shape index (κ2) is 11.0. The summed E-state index contributed by atoms with van der Waals surface area (Å²) in [4.78, 5) is 21.9. The molecule has 11 heteroatoms. The number of methoxy groups -OCH3 is 1. The van der Waals surface area contributed by atoms with Gasteiger partial charge in [0, 0.05) is 44.9 Å². The Morgan fingerprint density at radius 2 is 1.88 bits per heavy atom. The number of piperazine rings is 1. The minimum absolute atomic E-state index is 0.0559. The molecule has 1 N–H and O–H groups in total. The number of aromatic nitrogens is 4. The largest absolute Gasteiger partial charge is 0.492 e. The van der Waals surface area contributed by atoms with Crippen molar-refractivity contribution in [2.75, 3.05) is 58.8 Å². The Bertz CT molecular complexity index is 1120. The second-order valence-electron chi connectivity index (χ2n) is 8.38. The van der Waals surface area contributed by atoms with Crippen LogP contribution in [0.25, 0.3) is 10.9 Å². The summed E-state index contributed by atoms with van der Waals surface area (Å²) in [7, 11) is 3.65. The summed E-state index contributed by atoms with van der Waals surface area (Å²) in [6, 6.07) is 3.96. The van der Waals surface area contributed by atoms with E-state index in [9.17, 15) is 0 Å². The molecule has 0 saturated carbocycles. The third-order valence-corrected chi connectivity index (χ3v) is 5.73. The van der Waals surface area contributed by atoms with Crippen molar-refractivity contribution >= 4 is 34.1 Å². The van der Waals surface area contributed by atoms with Crippen LogP contribution in [0.3, 0.4) is 0 Å². The molecule has 0 spiro atoms. The number of hydrogen-bond donors (Lipinski definition) is 1. The first kappa shape index (κ1) is 24.2. The Morgan fingerprint density at radius 3 is 2.62 bits per heavy atom. The molecule has 0 radical (unpaired) electrons. The van der Waals surface area contributed by atoms with Gasteiger partial charge in [-0.15, -0.1) is 0 Å². The fraction of sp³-hybridized carbons (Fsp3) is 0.478. The lowest BCUT2D eigenvalue weighted by atomic mass is 10.2. The van der Waals surface area contributed by atoms with E-state index in [-0.39, 0.29) is 12.1 Å². The van der Waals surface area contributed by atoms with Crippen LogP contribution in [0.15, 0.2) is 24.7 Å². The molecule has 3 heterocycles. The van der Waals surface area contributed by atoms with E-state index < -0.39 is 0 Å². The Kier molecular flexibility index (Phi) is 7.81. The molecule has 1 aliphatic rings. The van der Waals surface area contributed by atoms with E-state index in [0.717, 1.165) is 32.7 Å². The SMILES string of the molecule is COc1ncc(Cl)c(Nc2ncnc3cc(OCCN4CCN(C)CC4)cc(OC(C)C)c23)n1. The summed E-state index contributed by atoms with van der Waals surface area (Å²) in [6.07, 6.45) is 2.89. The zero-order valence-corrected chi connectivity index (χ0v) is 20.7. The summed E-state index contributed by atoms with van der Waals surface area (Å²) < 4.78 is 17.3. The van der Waals surface area contributed by atoms with Crippen molar-refractivity contribution in [2.45, 2.75) is 20.0 Å². The average Bonchev–Trinajstić information content (AvgIpc) is 2.81. The lowest BCUT2D eigenvalue weighted by Gasteiger charge is -2.32. The maximum absolute atomic E-state index is 6.29. The summed E-state index contributed by atoms with van der Waals surface area (Å²) in [5.74, 6) is 2.19. The number of fused-ring (bicyclic) bond motifs is 1. The van der Waals surface area contributed by atoms with Gasteiger partial charge < -0.3 is 24.4 Å². The third-order valence-electron chi connectivity index (χ3n) is 5.45. The maximum atomic E-state index is 6.29. The Balaban J connectivity index is 1.59. The first-order chi connectivity index (χ1) is 16.4. The minimum atomic E-state index is -0.0559. The number of hydrogen-bond acceptors (Lipinski definition) is 10. The van der Waals surface area contributed by atoms with Gasteiger partial charge in [-0.1, -0.05) is 11.6 Å². The van der Waals surface area contributed by atoms with Crippen molar-refractivity contribution in [3.63, 3.8) is 0 Å². The van der Waals surface area contributed by atoms with Crippen LogP contribution in [0.4, 0.5) is 11.6 Å². The number of nitrogens with zero attached hydrogens (tertiary/aromatic N) is 6. The van der Waals surface area contributed by atoms with Crippen LogP contribution in [0.5, 0.6) is 17.5 Å². The summed E-state index contributed by atoms with van der Waals surface area (Å²) in [5, 5.41) is 4.21. The molecule has 1 aromatic carbocycles. The van der Waals surface area contributed by atoms with Gasteiger partial charge in [0.05, 0.1) is 30.3 Å². The normalized spacial score (nSPS) is 15.0. The molecule has 1 saturated heterocycles. The van der Waals surface area contributed by atoms with E-state index in [2.05, 4.69) is 42.1 Å². The number of benzene rings is 1. The summed E-state index contributed by atoms with van der Waals surface area (Å²) in [6.45, 7) is 9.66. The molecule has 3 aromatic rings. The Hall–Kier alpha value is -2.95. The van der Waals surface area contributed by atoms with Gasteiger partial charge in [-0.25, -0.2) is 15.0 Å². The minimum Gasteiger partial charge on any atom is -0.492 e. The van der Waals surface area contributed by atoms with Gasteiger partial charge in [0.2, 0.25) is 0 Å². The first-order valence-electron chi connectivity index (χ1n) is 11.3. The van der Waals surface area contributed by atoms with Crippen molar-refractivity contribution in [1.29, 1.82) is 0 Å². The second-order valence-corrected chi connectivity index (χ2v) is 8.78. The molecule has 0 unspecified atom stereocenters. The predicted octanol–water partition coefficient (Wildman–Crippen LogP) is 3.24. The number of halogens is 1. The van der Waals surface area contributed by atoms with E-state index >= 15 is 0 Å². The van der Waals surface area contributed by atoms with Crippen molar-refractivity contribution in [3.8, 4) is 17.5 Å². The highest BCUT2D eigenvalue weighted by atomic mass is 35.5. The predicted molar refractivity (Wildman–Crippen MR) is 132 cm³/mol. The van der Waals surface area contributed by atoms with E-state index in [0.29, 0.717) is 45.7 Å². The molecule has 0 amide bonds. The van der Waals surface area contributed by atoms with Gasteiger partial charge in [-0.3, -0.25) is 4.90 Å². The van der Waals surface area contributed by atoms with Gasteiger partial charge >= 0.3 is 6.01 Å². The quantitative estimate of drug-likeness (QED) is 0.484. The number of ether oxygens (including phenoxy) is 3. The van der Waals surface area contributed by atoms with E-state index in [4.69, 9.17) is 25.8 Å². The molecule has 182 valence electrons. The van der Waals surface area contributed by atoms with E-state index in [1.165, 1.54) is 19.6 Å². The lowest BCUT2D eigenvalue weighted by molar-refractivity contribution is 0.133. The molecule has 0 bridgehead atoms. The fourth-order valence-corrected chi connectivity index (χ4v) is 3.81. The number of rotatable bonds is 9. The highest BCUT2D eigenvalue weighted by Crippen LogP contribution is 2.36. The number of anilines is 2. The standard InChI is InChI=1S/C23H30ClN7O3/c1-15(2)34-19-12-16(33-10-9-31-7-5-30(3)6-8-31)11-18-20(19)22(27-14-26-18)28-21-17(24)13-25-23(29-21)32-4/h11-15H,5-10H2,1-4H3,(H,25,26,27,28,29). The molecule has 1 fully saturated rings. The molecule has 2 aromatic heterocycles. The van der Waals surface area contributed by atoms with Crippen LogP contribution in [0.1, 0.15) is 13.8 Å². The third kappa shape index (κ3) is 5.94. The lowest BCUT2D eigenvalue weighted by Crippen LogP contribution is -2.45. The Morgan fingerprint density at radius 1 is 1.09 bits per heavy atom. The fourth-order valence-electron chi connectivity index (χ4n) is 3.67. The van der Waals surface area contributed by atoms with Crippen LogP contribution in [0, 0.1) is 0 Å². The monoisotopic (exact) mass is 487 g/mol. The van der Waals surface area contributed by atoms with Crippen molar-refractivity contribution in [1.82, 2.24) is 29.7 Å². The van der Waals surface area contributed by atoms with Gasteiger partial charge in [0.1, 0.15) is 35.3 Å². The van der Waals surface area contributed by atoms with Crippen molar-refractivity contribution < 1.29 is 14.2 Å².